The summed E-state index contributed by atoms with van der Waals surface area (Å²) in [6.45, 7) is 2.40. The molecule has 1 aromatic rings. The van der Waals surface area contributed by atoms with E-state index in [-0.39, 0.29) is 6.10 Å². The number of thioether (sulfide) groups is 1. The summed E-state index contributed by atoms with van der Waals surface area (Å²) >= 11 is 1.47. The first-order valence-electron chi connectivity index (χ1n) is 6.45. The first-order valence-corrected chi connectivity index (χ1v) is 7.60. The van der Waals surface area contributed by atoms with Crippen molar-refractivity contribution in [3.8, 4) is 0 Å². The van der Waals surface area contributed by atoms with Crippen LogP contribution in [0.2, 0.25) is 0 Å². The van der Waals surface area contributed by atoms with Crippen molar-refractivity contribution >= 4 is 17.7 Å². The van der Waals surface area contributed by atoms with Crippen LogP contribution in [0.1, 0.15) is 12.5 Å². The summed E-state index contributed by atoms with van der Waals surface area (Å²) in [6, 6.07) is 8.94. The lowest BCUT2D eigenvalue weighted by Crippen LogP contribution is -2.33. The van der Waals surface area contributed by atoms with Gasteiger partial charge in [0, 0.05) is 17.1 Å². The van der Waals surface area contributed by atoms with Crippen molar-refractivity contribution in [3.05, 3.63) is 35.9 Å². The molecule has 1 aliphatic rings. The molecular formula is C14H19NO4S. The normalized spacial score (nSPS) is 27.4. The second-order valence-electron chi connectivity index (χ2n) is 4.84. The van der Waals surface area contributed by atoms with E-state index >= 15 is 0 Å². The first kappa shape index (κ1) is 15.3. The lowest BCUT2D eigenvalue weighted by atomic mass is 10.1. The lowest BCUT2D eigenvalue weighted by Gasteiger charge is -2.23. The predicted molar refractivity (Wildman–Crippen MR) is 77.6 cm³/mol. The summed E-state index contributed by atoms with van der Waals surface area (Å²) in [5.41, 5.74) is 6.43. The molecule has 0 radical (unpaired) electrons. The molecule has 1 fully saturated rings. The number of benzene rings is 1. The van der Waals surface area contributed by atoms with Gasteiger partial charge in [-0.1, -0.05) is 30.3 Å². The summed E-state index contributed by atoms with van der Waals surface area (Å²) in [4.78, 5) is 10.6. The highest BCUT2D eigenvalue weighted by Crippen LogP contribution is 2.34. The molecule has 20 heavy (non-hydrogen) atoms. The molecule has 2 rings (SSSR count). The molecule has 5 nitrogen and oxygen atoms in total. The van der Waals surface area contributed by atoms with Gasteiger partial charge in [0.1, 0.15) is 6.04 Å². The Morgan fingerprint density at radius 2 is 2.25 bits per heavy atom. The molecule has 0 bridgehead atoms. The predicted octanol–water partition coefficient (Wildman–Crippen LogP) is 1.42. The quantitative estimate of drug-likeness (QED) is 0.826. The van der Waals surface area contributed by atoms with E-state index in [0.29, 0.717) is 18.1 Å². The molecule has 1 heterocycles. The van der Waals surface area contributed by atoms with Crippen molar-refractivity contribution in [2.75, 3.05) is 18.1 Å². The van der Waals surface area contributed by atoms with Gasteiger partial charge in [-0.25, -0.2) is 0 Å². The van der Waals surface area contributed by atoms with Crippen LogP contribution < -0.4 is 5.73 Å². The number of carbonyl (C=O) groups is 1. The molecule has 0 amide bonds. The fourth-order valence-electron chi connectivity index (χ4n) is 2.01. The third kappa shape index (κ3) is 3.73. The molecule has 3 N–H and O–H groups in total. The van der Waals surface area contributed by atoms with Crippen LogP contribution in [0.4, 0.5) is 0 Å². The number of ether oxygens (including phenoxy) is 2. The fourth-order valence-corrected chi connectivity index (χ4v) is 2.97. The highest BCUT2D eigenvalue weighted by atomic mass is 32.2. The van der Waals surface area contributed by atoms with Gasteiger partial charge < -0.3 is 20.3 Å². The third-order valence-electron chi connectivity index (χ3n) is 3.15. The molecule has 0 aliphatic carbocycles. The van der Waals surface area contributed by atoms with Gasteiger partial charge in [0.2, 0.25) is 0 Å². The van der Waals surface area contributed by atoms with Gasteiger partial charge in [-0.2, -0.15) is 11.8 Å². The van der Waals surface area contributed by atoms with E-state index < -0.39 is 17.8 Å². The van der Waals surface area contributed by atoms with Gasteiger partial charge in [-0.15, -0.1) is 0 Å². The van der Waals surface area contributed by atoms with Crippen LogP contribution in [0.15, 0.2) is 30.3 Å². The molecule has 1 aromatic carbocycles. The Morgan fingerprint density at radius 3 is 2.90 bits per heavy atom. The van der Waals surface area contributed by atoms with E-state index in [2.05, 4.69) is 0 Å². The molecule has 110 valence electrons. The number of rotatable bonds is 6. The van der Waals surface area contributed by atoms with Gasteiger partial charge >= 0.3 is 5.97 Å². The maximum atomic E-state index is 10.6. The molecule has 3 atom stereocenters. The smallest absolute Gasteiger partial charge is 0.321 e. The zero-order valence-electron chi connectivity index (χ0n) is 11.3. The zero-order chi connectivity index (χ0) is 14.6. The molecule has 1 saturated heterocycles. The van der Waals surface area contributed by atoms with E-state index in [0.717, 1.165) is 5.56 Å². The Kier molecular flexibility index (Phi) is 5.04. The third-order valence-corrected chi connectivity index (χ3v) is 4.36. The zero-order valence-corrected chi connectivity index (χ0v) is 12.1. The monoisotopic (exact) mass is 297 g/mol. The van der Waals surface area contributed by atoms with Crippen LogP contribution in [0.3, 0.4) is 0 Å². The number of hydrogen-bond acceptors (Lipinski definition) is 5. The Hall–Kier alpha value is -1.08. The topological polar surface area (TPSA) is 81.8 Å². The van der Waals surface area contributed by atoms with Crippen molar-refractivity contribution < 1.29 is 19.4 Å². The summed E-state index contributed by atoms with van der Waals surface area (Å²) in [7, 11) is 0. The van der Waals surface area contributed by atoms with Gasteiger partial charge in [0.25, 0.3) is 0 Å². The molecule has 0 spiro atoms. The van der Waals surface area contributed by atoms with E-state index in [1.807, 2.05) is 37.3 Å². The van der Waals surface area contributed by atoms with Crippen molar-refractivity contribution in [2.24, 2.45) is 5.73 Å². The Morgan fingerprint density at radius 1 is 1.55 bits per heavy atom. The van der Waals surface area contributed by atoms with Crippen molar-refractivity contribution in [1.29, 1.82) is 0 Å². The number of carboxylic acid groups (broad SMARTS) is 1. The molecule has 0 aromatic heterocycles. The minimum atomic E-state index is -0.977. The molecule has 2 unspecified atom stereocenters. The minimum Gasteiger partial charge on any atom is -0.480 e. The van der Waals surface area contributed by atoms with Crippen molar-refractivity contribution in [1.82, 2.24) is 0 Å². The van der Waals surface area contributed by atoms with Gasteiger partial charge in [-0.05, 0) is 6.92 Å². The molecule has 0 saturated carbocycles. The fraction of sp³-hybridized carbons (Fsp3) is 0.500. The van der Waals surface area contributed by atoms with Crippen LogP contribution >= 0.6 is 11.8 Å². The van der Waals surface area contributed by atoms with Crippen LogP contribution in [0.5, 0.6) is 0 Å². The Bertz CT molecular complexity index is 456. The van der Waals surface area contributed by atoms with Gasteiger partial charge in [0.15, 0.2) is 5.79 Å². The summed E-state index contributed by atoms with van der Waals surface area (Å²) in [5.74, 6) is -0.655. The van der Waals surface area contributed by atoms with Gasteiger partial charge in [0.05, 0.1) is 12.7 Å². The standard InChI is InChI=1S/C14H19NO4S/c1-14(10-5-3-2-4-6-10)18-7-11(19-14)8-20-9-12(15)13(16)17/h2-6,11-12H,7-9,15H2,1H3,(H,16,17)/t11?,12-,14?/m1/s1. The Balaban J connectivity index is 1.82. The van der Waals surface area contributed by atoms with Gasteiger partial charge in [-0.3, -0.25) is 4.79 Å². The Labute approximate surface area is 122 Å². The SMILES string of the molecule is CC1(c2ccccc2)OCC(CSC[C@@H](N)C(=O)O)O1. The second-order valence-corrected chi connectivity index (χ2v) is 5.92. The number of nitrogens with two attached hydrogens (primary N) is 1. The van der Waals surface area contributed by atoms with Crippen LogP contribution in [-0.4, -0.2) is 41.3 Å². The van der Waals surface area contributed by atoms with E-state index in [1.165, 1.54) is 11.8 Å². The highest BCUT2D eigenvalue weighted by molar-refractivity contribution is 7.99. The maximum absolute atomic E-state index is 10.6. The lowest BCUT2D eigenvalue weighted by molar-refractivity contribution is -0.159. The highest BCUT2D eigenvalue weighted by Gasteiger charge is 2.38. The second kappa shape index (κ2) is 6.58. The van der Waals surface area contributed by atoms with Crippen LogP contribution in [-0.2, 0) is 20.1 Å². The molecule has 6 heteroatoms. The maximum Gasteiger partial charge on any atom is 0.321 e. The summed E-state index contributed by atoms with van der Waals surface area (Å²) in [5, 5.41) is 8.71. The van der Waals surface area contributed by atoms with E-state index in [9.17, 15) is 4.79 Å². The van der Waals surface area contributed by atoms with Crippen LogP contribution in [0, 0.1) is 0 Å². The van der Waals surface area contributed by atoms with E-state index in [1.54, 1.807) is 0 Å². The van der Waals surface area contributed by atoms with E-state index in [4.69, 9.17) is 20.3 Å². The first-order chi connectivity index (χ1) is 9.51. The number of aliphatic carboxylic acids is 1. The summed E-state index contributed by atoms with van der Waals surface area (Å²) in [6.07, 6.45) is -0.0498. The number of hydrogen-bond donors (Lipinski definition) is 2. The van der Waals surface area contributed by atoms with Crippen LogP contribution in [0.25, 0.3) is 0 Å². The average molecular weight is 297 g/mol. The summed E-state index contributed by atoms with van der Waals surface area (Å²) < 4.78 is 11.7. The average Bonchev–Trinajstić information content (AvgIpc) is 2.82. The molecular weight excluding hydrogens is 278 g/mol. The number of carboxylic acids is 1. The largest absolute Gasteiger partial charge is 0.480 e. The molecule has 1 aliphatic heterocycles. The van der Waals surface area contributed by atoms with Crippen molar-refractivity contribution in [3.63, 3.8) is 0 Å². The van der Waals surface area contributed by atoms with Crippen molar-refractivity contribution in [2.45, 2.75) is 24.9 Å². The minimum absolute atomic E-state index is 0.0498.